The molecule has 0 saturated carbocycles. The van der Waals surface area contributed by atoms with Crippen LogP contribution in [0.2, 0.25) is 0 Å². The Hall–Kier alpha value is -2.66. The third-order valence-electron chi connectivity index (χ3n) is 6.38. The molecule has 0 radical (unpaired) electrons. The topological polar surface area (TPSA) is 96.0 Å². The quantitative estimate of drug-likeness (QED) is 0.205. The Morgan fingerprint density at radius 1 is 0.605 bits per heavy atom. The van der Waals surface area contributed by atoms with Gasteiger partial charge in [-0.15, -0.1) is 0 Å². The Morgan fingerprint density at radius 3 is 1.21 bits per heavy atom. The molecule has 2 aromatic rings. The van der Waals surface area contributed by atoms with E-state index in [1.165, 1.54) is 0 Å². The summed E-state index contributed by atoms with van der Waals surface area (Å²) >= 11 is 0. The van der Waals surface area contributed by atoms with Crippen LogP contribution < -0.4 is 0 Å². The van der Waals surface area contributed by atoms with Gasteiger partial charge in [0, 0.05) is 12.8 Å². The zero-order valence-electron chi connectivity index (χ0n) is 26.6. The van der Waals surface area contributed by atoms with E-state index in [4.69, 9.17) is 13.1 Å². The van der Waals surface area contributed by atoms with Gasteiger partial charge < -0.3 is 4.74 Å². The van der Waals surface area contributed by atoms with Crippen molar-refractivity contribution < 1.29 is 29.9 Å². The molecular formula is C34H46O7S2. The normalized spacial score (nSPS) is 15.3. The van der Waals surface area contributed by atoms with Crippen molar-refractivity contribution in [2.45, 2.75) is 78.4 Å². The van der Waals surface area contributed by atoms with E-state index in [1.807, 2.05) is 60.7 Å². The molecule has 0 amide bonds. The molecule has 0 aliphatic rings. The maximum absolute atomic E-state index is 12.0. The molecule has 0 heterocycles. The van der Waals surface area contributed by atoms with E-state index in [0.29, 0.717) is 0 Å². The van der Waals surface area contributed by atoms with Crippen LogP contribution in [0.15, 0.2) is 60.7 Å². The molecule has 0 aliphatic carbocycles. The molecule has 236 valence electrons. The van der Waals surface area contributed by atoms with E-state index in [0.717, 1.165) is 23.6 Å². The average Bonchev–Trinajstić information content (AvgIpc) is 2.86. The van der Waals surface area contributed by atoms with Crippen LogP contribution >= 0.6 is 0 Å². The summed E-state index contributed by atoms with van der Waals surface area (Å²) in [5, 5.41) is 0. The fraction of sp³-hybridized carbons (Fsp3) is 0.529. The number of rotatable bonds is 12. The molecule has 0 bridgehead atoms. The van der Waals surface area contributed by atoms with E-state index in [-0.39, 0.29) is 48.7 Å². The molecule has 9 heteroatoms. The van der Waals surface area contributed by atoms with Crippen LogP contribution in [0.4, 0.5) is 0 Å². The summed E-state index contributed by atoms with van der Waals surface area (Å²) < 4.78 is 64.1. The first-order chi connectivity index (χ1) is 19.9. The Bertz CT molecular complexity index is 1370. The molecule has 0 aliphatic heterocycles. The second-order valence-electron chi connectivity index (χ2n) is 12.9. The summed E-state index contributed by atoms with van der Waals surface area (Å²) in [4.78, 5) is 0. The van der Waals surface area contributed by atoms with E-state index in [9.17, 15) is 16.8 Å². The first-order valence-electron chi connectivity index (χ1n) is 14.3. The summed E-state index contributed by atoms with van der Waals surface area (Å²) in [7, 11) is -7.59. The van der Waals surface area contributed by atoms with Gasteiger partial charge in [0.05, 0.1) is 37.6 Å². The lowest BCUT2D eigenvalue weighted by atomic mass is 9.77. The molecule has 4 unspecified atom stereocenters. The minimum Gasteiger partial charge on any atom is -0.376 e. The minimum atomic E-state index is -3.80. The summed E-state index contributed by atoms with van der Waals surface area (Å²) in [5.41, 5.74) is 1.84. The van der Waals surface area contributed by atoms with Gasteiger partial charge in [-0.25, -0.2) is 0 Å². The molecular weight excluding hydrogens is 585 g/mol. The second kappa shape index (κ2) is 15.9. The van der Waals surface area contributed by atoms with Gasteiger partial charge in [-0.2, -0.15) is 16.8 Å². The second-order valence-corrected chi connectivity index (χ2v) is 16.1. The molecule has 0 fully saturated rings. The van der Waals surface area contributed by atoms with Crippen LogP contribution in [-0.4, -0.2) is 54.8 Å². The van der Waals surface area contributed by atoms with Crippen molar-refractivity contribution in [3.8, 4) is 23.7 Å². The summed E-state index contributed by atoms with van der Waals surface area (Å²) in [6, 6.07) is 19.8. The number of benzene rings is 2. The molecule has 0 saturated heterocycles. The van der Waals surface area contributed by atoms with Gasteiger partial charge in [-0.3, -0.25) is 8.37 Å². The van der Waals surface area contributed by atoms with E-state index >= 15 is 0 Å². The first kappa shape index (κ1) is 36.5. The minimum absolute atomic E-state index is 0.0765. The molecule has 7 nitrogen and oxygen atoms in total. The molecule has 43 heavy (non-hydrogen) atoms. The smallest absolute Gasteiger partial charge is 0.264 e. The van der Waals surface area contributed by atoms with Crippen LogP contribution in [-0.2, 0) is 33.3 Å². The SMILES string of the molecule is CC(C)(C)C(C#CCC(COCC(CC#CC(c1ccccc1)C(C)(C)C)OS(C)(=O)=O)OS(C)(=O)=O)c1ccccc1. The Balaban J connectivity index is 2.16. The van der Waals surface area contributed by atoms with Crippen LogP contribution in [0.25, 0.3) is 0 Å². The van der Waals surface area contributed by atoms with E-state index in [1.54, 1.807) is 0 Å². The number of ether oxygens (including phenoxy) is 1. The van der Waals surface area contributed by atoms with Gasteiger partial charge in [0.25, 0.3) is 20.2 Å². The van der Waals surface area contributed by atoms with Crippen LogP contribution in [0.1, 0.15) is 77.3 Å². The van der Waals surface area contributed by atoms with Crippen molar-refractivity contribution in [3.63, 3.8) is 0 Å². The van der Waals surface area contributed by atoms with Crippen LogP contribution in [0.3, 0.4) is 0 Å². The van der Waals surface area contributed by atoms with Crippen molar-refractivity contribution in [1.29, 1.82) is 0 Å². The van der Waals surface area contributed by atoms with E-state index in [2.05, 4.69) is 65.2 Å². The largest absolute Gasteiger partial charge is 0.376 e. The molecule has 0 aromatic heterocycles. The summed E-state index contributed by atoms with van der Waals surface area (Å²) in [6.07, 6.45) is 0.389. The molecule has 0 N–H and O–H groups in total. The fourth-order valence-electron chi connectivity index (χ4n) is 4.51. The lowest BCUT2D eigenvalue weighted by Gasteiger charge is -2.27. The standard InChI is InChI=1S/C34H46O7S2/c1-33(2,3)31(27-17-11-9-12-18-27)23-15-21-29(40-42(7,35)36)25-39-26-30(41-43(8,37)38)22-16-24-32(34(4,5)6)28-19-13-10-14-20-28/h9-14,17-20,29-32H,21-22,25-26H2,1-8H3. The highest BCUT2D eigenvalue weighted by atomic mass is 32.2. The van der Waals surface area contributed by atoms with Crippen molar-refractivity contribution in [1.82, 2.24) is 0 Å². The molecule has 4 atom stereocenters. The van der Waals surface area contributed by atoms with Gasteiger partial charge in [0.15, 0.2) is 0 Å². The Labute approximate surface area is 260 Å². The van der Waals surface area contributed by atoms with Crippen LogP contribution in [0.5, 0.6) is 0 Å². The van der Waals surface area contributed by atoms with Crippen molar-refractivity contribution in [3.05, 3.63) is 71.8 Å². The third-order valence-corrected chi connectivity index (χ3v) is 7.62. The average molecular weight is 631 g/mol. The number of hydrogen-bond acceptors (Lipinski definition) is 7. The first-order valence-corrected chi connectivity index (χ1v) is 17.9. The fourth-order valence-corrected chi connectivity index (χ4v) is 5.74. The maximum atomic E-state index is 12.0. The Morgan fingerprint density at radius 2 is 0.930 bits per heavy atom. The van der Waals surface area contributed by atoms with E-state index < -0.39 is 32.4 Å². The molecule has 0 spiro atoms. The highest BCUT2D eigenvalue weighted by Crippen LogP contribution is 2.35. The van der Waals surface area contributed by atoms with Crippen LogP contribution in [0, 0.1) is 34.5 Å². The molecule has 2 aromatic carbocycles. The predicted molar refractivity (Wildman–Crippen MR) is 172 cm³/mol. The van der Waals surface area contributed by atoms with Crippen molar-refractivity contribution in [2.75, 3.05) is 25.7 Å². The molecule has 2 rings (SSSR count). The highest BCUT2D eigenvalue weighted by molar-refractivity contribution is 7.86. The summed E-state index contributed by atoms with van der Waals surface area (Å²) in [6.45, 7) is 12.3. The third kappa shape index (κ3) is 14.6. The van der Waals surface area contributed by atoms with Gasteiger partial charge >= 0.3 is 0 Å². The monoisotopic (exact) mass is 630 g/mol. The van der Waals surface area contributed by atoms with Crippen molar-refractivity contribution >= 4 is 20.2 Å². The van der Waals surface area contributed by atoms with Gasteiger partial charge in [0.1, 0.15) is 12.2 Å². The van der Waals surface area contributed by atoms with Gasteiger partial charge in [-0.05, 0) is 22.0 Å². The number of hydrogen-bond donors (Lipinski definition) is 0. The predicted octanol–water partition coefficient (Wildman–Crippen LogP) is 6.14. The highest BCUT2D eigenvalue weighted by Gasteiger charge is 2.26. The van der Waals surface area contributed by atoms with Gasteiger partial charge in [-0.1, -0.05) is 126 Å². The lowest BCUT2D eigenvalue weighted by molar-refractivity contribution is 0.0154. The summed E-state index contributed by atoms with van der Waals surface area (Å²) in [5.74, 6) is 12.6. The van der Waals surface area contributed by atoms with Crippen molar-refractivity contribution in [2.24, 2.45) is 10.8 Å². The Kier molecular flexibility index (Phi) is 13.5. The zero-order valence-corrected chi connectivity index (χ0v) is 28.2. The maximum Gasteiger partial charge on any atom is 0.264 e. The lowest BCUT2D eigenvalue weighted by Crippen LogP contribution is -2.28. The zero-order chi connectivity index (χ0) is 32.3. The van der Waals surface area contributed by atoms with Gasteiger partial charge in [0.2, 0.25) is 0 Å².